The lowest BCUT2D eigenvalue weighted by Gasteiger charge is -1.96. The Balaban J connectivity index is 0.000000134. The van der Waals surface area contributed by atoms with Gasteiger partial charge in [-0.3, -0.25) is 0 Å². The summed E-state index contributed by atoms with van der Waals surface area (Å²) in [6, 6.07) is 6.83. The van der Waals surface area contributed by atoms with E-state index in [0.717, 1.165) is 5.56 Å². The summed E-state index contributed by atoms with van der Waals surface area (Å²) >= 11 is 0. The molecule has 0 aromatic heterocycles. The van der Waals surface area contributed by atoms with Crippen LogP contribution in [0.25, 0.3) is 0 Å². The molecule has 1 aromatic carbocycles. The predicted octanol–water partition coefficient (Wildman–Crippen LogP) is 2.73. The van der Waals surface area contributed by atoms with Crippen LogP contribution in [-0.2, 0) is 6.42 Å². The molecule has 0 bridgehead atoms. The molecule has 1 aromatic rings. The summed E-state index contributed by atoms with van der Waals surface area (Å²) in [5.74, 6) is 2.69. The first-order valence-corrected chi connectivity index (χ1v) is 6.18. The molecular weight excluding hydrogens is 200 g/mol. The van der Waals surface area contributed by atoms with Gasteiger partial charge in [-0.05, 0) is 42.4 Å². The molecule has 0 heterocycles. The topological polar surface area (TPSA) is 40.5 Å². The van der Waals surface area contributed by atoms with Crippen molar-refractivity contribution in [3.8, 4) is 5.75 Å². The van der Waals surface area contributed by atoms with Gasteiger partial charge in [-0.15, -0.1) is 0 Å². The number of rotatable bonds is 2. The summed E-state index contributed by atoms with van der Waals surface area (Å²) in [6.45, 7) is 0.158. The zero-order valence-electron chi connectivity index (χ0n) is 9.60. The minimum atomic E-state index is 0.158. The third-order valence-corrected chi connectivity index (χ3v) is 3.56. The molecule has 0 saturated heterocycles. The molecular formula is C14H20O2. The molecule has 0 amide bonds. The van der Waals surface area contributed by atoms with E-state index in [1.165, 1.54) is 18.3 Å². The molecule has 0 radical (unpaired) electrons. The standard InChI is InChI=1S/C8H10O2.C6H10/c9-6-5-7-1-3-8(10)4-2-7;1-2-5-4-6(5)3-1/h1-4,9-10H,5-6H2;5-6H,1-4H2. The molecule has 2 unspecified atom stereocenters. The average Bonchev–Trinajstić information content (AvgIpc) is 2.90. The molecule has 2 fully saturated rings. The number of aliphatic hydroxyl groups excluding tert-OH is 1. The van der Waals surface area contributed by atoms with E-state index in [-0.39, 0.29) is 12.4 Å². The van der Waals surface area contributed by atoms with Crippen LogP contribution in [0.4, 0.5) is 0 Å². The van der Waals surface area contributed by atoms with Gasteiger partial charge < -0.3 is 10.2 Å². The average molecular weight is 220 g/mol. The first kappa shape index (κ1) is 11.5. The van der Waals surface area contributed by atoms with E-state index < -0.39 is 0 Å². The van der Waals surface area contributed by atoms with Crippen LogP contribution in [0.2, 0.25) is 0 Å². The Morgan fingerprint density at radius 1 is 1.06 bits per heavy atom. The molecule has 16 heavy (non-hydrogen) atoms. The van der Waals surface area contributed by atoms with E-state index in [4.69, 9.17) is 10.2 Å². The predicted molar refractivity (Wildman–Crippen MR) is 64.3 cm³/mol. The van der Waals surface area contributed by atoms with Gasteiger partial charge >= 0.3 is 0 Å². The van der Waals surface area contributed by atoms with Crippen LogP contribution in [-0.4, -0.2) is 16.8 Å². The summed E-state index contributed by atoms with van der Waals surface area (Å²) in [7, 11) is 0. The van der Waals surface area contributed by atoms with Gasteiger partial charge in [-0.1, -0.05) is 31.4 Å². The summed E-state index contributed by atoms with van der Waals surface area (Å²) in [5, 5.41) is 17.4. The van der Waals surface area contributed by atoms with Crippen molar-refractivity contribution in [2.45, 2.75) is 32.1 Å². The first-order chi connectivity index (χ1) is 7.79. The summed E-state index contributed by atoms with van der Waals surface area (Å²) in [5.41, 5.74) is 1.04. The molecule has 0 aliphatic heterocycles. The lowest BCUT2D eigenvalue weighted by atomic mass is 10.2. The van der Waals surface area contributed by atoms with E-state index in [9.17, 15) is 0 Å². The van der Waals surface area contributed by atoms with E-state index >= 15 is 0 Å². The quantitative estimate of drug-likeness (QED) is 0.804. The molecule has 2 N–H and O–H groups in total. The number of hydrogen-bond donors (Lipinski definition) is 2. The molecule has 2 aliphatic carbocycles. The minimum absolute atomic E-state index is 0.158. The smallest absolute Gasteiger partial charge is 0.115 e. The number of fused-ring (bicyclic) bond motifs is 1. The van der Waals surface area contributed by atoms with Gasteiger partial charge in [0.1, 0.15) is 5.75 Å². The van der Waals surface area contributed by atoms with Crippen molar-refractivity contribution >= 4 is 0 Å². The maximum absolute atomic E-state index is 8.86. The third-order valence-electron chi connectivity index (χ3n) is 3.56. The fourth-order valence-electron chi connectivity index (χ4n) is 2.45. The monoisotopic (exact) mass is 220 g/mol. The molecule has 2 heteroatoms. The highest BCUT2D eigenvalue weighted by molar-refractivity contribution is 5.25. The number of phenolic OH excluding ortho intramolecular Hbond substituents is 1. The Labute approximate surface area is 96.9 Å². The molecule has 2 saturated carbocycles. The zero-order valence-corrected chi connectivity index (χ0v) is 9.60. The number of aliphatic hydroxyl groups is 1. The van der Waals surface area contributed by atoms with Crippen LogP contribution in [0.15, 0.2) is 24.3 Å². The Morgan fingerprint density at radius 2 is 1.69 bits per heavy atom. The van der Waals surface area contributed by atoms with Crippen molar-refractivity contribution in [2.24, 2.45) is 11.8 Å². The highest BCUT2D eigenvalue weighted by Crippen LogP contribution is 2.51. The largest absolute Gasteiger partial charge is 0.508 e. The van der Waals surface area contributed by atoms with Crippen LogP contribution < -0.4 is 0 Å². The second-order valence-corrected chi connectivity index (χ2v) is 4.83. The van der Waals surface area contributed by atoms with E-state index in [2.05, 4.69) is 0 Å². The van der Waals surface area contributed by atoms with Gasteiger partial charge in [0.05, 0.1) is 0 Å². The Bertz CT molecular complexity index is 310. The molecule has 2 atom stereocenters. The second-order valence-electron chi connectivity index (χ2n) is 4.83. The second kappa shape index (κ2) is 5.35. The molecule has 2 aliphatic rings. The SMILES string of the molecule is C1CC2CC2C1.OCCc1ccc(O)cc1. The van der Waals surface area contributed by atoms with Gasteiger partial charge in [0, 0.05) is 6.61 Å². The number of hydrogen-bond acceptors (Lipinski definition) is 2. The van der Waals surface area contributed by atoms with E-state index in [1.54, 1.807) is 43.5 Å². The lowest BCUT2D eigenvalue weighted by molar-refractivity contribution is 0.299. The molecule has 3 rings (SSSR count). The maximum Gasteiger partial charge on any atom is 0.115 e. The van der Waals surface area contributed by atoms with Crippen LogP contribution in [0.3, 0.4) is 0 Å². The van der Waals surface area contributed by atoms with Crippen LogP contribution in [0, 0.1) is 11.8 Å². The van der Waals surface area contributed by atoms with Gasteiger partial charge in [0.15, 0.2) is 0 Å². The van der Waals surface area contributed by atoms with Crippen LogP contribution in [0.1, 0.15) is 31.2 Å². The van der Waals surface area contributed by atoms with E-state index in [0.29, 0.717) is 6.42 Å². The van der Waals surface area contributed by atoms with Crippen molar-refractivity contribution < 1.29 is 10.2 Å². The normalized spacial score (nSPS) is 25.6. The van der Waals surface area contributed by atoms with Crippen LogP contribution >= 0.6 is 0 Å². The maximum atomic E-state index is 8.86. The third kappa shape index (κ3) is 3.24. The van der Waals surface area contributed by atoms with E-state index in [1.807, 2.05) is 0 Å². The highest BCUT2D eigenvalue weighted by Gasteiger charge is 2.40. The van der Waals surface area contributed by atoms with Gasteiger partial charge in [-0.2, -0.15) is 0 Å². The van der Waals surface area contributed by atoms with Gasteiger partial charge in [0.25, 0.3) is 0 Å². The summed E-state index contributed by atoms with van der Waals surface area (Å²) in [6.07, 6.45) is 6.89. The van der Waals surface area contributed by atoms with Crippen LogP contribution in [0.5, 0.6) is 5.75 Å². The van der Waals surface area contributed by atoms with Gasteiger partial charge in [-0.25, -0.2) is 0 Å². The van der Waals surface area contributed by atoms with Crippen molar-refractivity contribution in [2.75, 3.05) is 6.61 Å². The minimum Gasteiger partial charge on any atom is -0.508 e. The van der Waals surface area contributed by atoms with Crippen molar-refractivity contribution in [3.63, 3.8) is 0 Å². The number of phenols is 1. The number of benzene rings is 1. The fourth-order valence-corrected chi connectivity index (χ4v) is 2.45. The Hall–Kier alpha value is -1.02. The summed E-state index contributed by atoms with van der Waals surface area (Å²) in [4.78, 5) is 0. The van der Waals surface area contributed by atoms with Crippen molar-refractivity contribution in [1.29, 1.82) is 0 Å². The Kier molecular flexibility index (Phi) is 3.83. The highest BCUT2D eigenvalue weighted by atomic mass is 16.3. The van der Waals surface area contributed by atoms with Crippen molar-refractivity contribution in [1.82, 2.24) is 0 Å². The zero-order chi connectivity index (χ0) is 11.4. The first-order valence-electron chi connectivity index (χ1n) is 6.18. The summed E-state index contributed by atoms with van der Waals surface area (Å²) < 4.78 is 0. The molecule has 2 nitrogen and oxygen atoms in total. The molecule has 88 valence electrons. The molecule has 0 spiro atoms. The fraction of sp³-hybridized carbons (Fsp3) is 0.571. The Morgan fingerprint density at radius 3 is 2.06 bits per heavy atom. The van der Waals surface area contributed by atoms with Crippen molar-refractivity contribution in [3.05, 3.63) is 29.8 Å². The van der Waals surface area contributed by atoms with Gasteiger partial charge in [0.2, 0.25) is 0 Å². The lowest BCUT2D eigenvalue weighted by Crippen LogP contribution is -1.88. The number of aromatic hydroxyl groups is 1.